The van der Waals surface area contributed by atoms with Gasteiger partial charge in [-0.1, -0.05) is 32.6 Å². The van der Waals surface area contributed by atoms with E-state index in [2.05, 4.69) is 23.6 Å². The summed E-state index contributed by atoms with van der Waals surface area (Å²) in [6, 6.07) is 0. The van der Waals surface area contributed by atoms with Crippen molar-refractivity contribution in [3.05, 3.63) is 0 Å². The lowest BCUT2D eigenvalue weighted by Crippen LogP contribution is -2.00. The Kier molecular flexibility index (Phi) is 14.6. The highest BCUT2D eigenvalue weighted by Crippen LogP contribution is 2.05. The van der Waals surface area contributed by atoms with Gasteiger partial charge < -0.3 is 4.55 Å². The summed E-state index contributed by atoms with van der Waals surface area (Å²) in [5, 5.41) is 0. The van der Waals surface area contributed by atoms with Gasteiger partial charge in [-0.05, 0) is 23.7 Å². The smallest absolute Gasteiger partial charge is 0.217 e. The molecule has 0 atom stereocenters. The lowest BCUT2D eigenvalue weighted by molar-refractivity contribution is 0.314. The molecule has 0 bridgehead atoms. The summed E-state index contributed by atoms with van der Waals surface area (Å²) in [4.78, 5) is 0. The molecule has 17 heavy (non-hydrogen) atoms. The molecule has 0 aromatic heterocycles. The molecule has 0 unspecified atom stereocenters. The number of hydrogen-bond donors (Lipinski definition) is 0. The van der Waals surface area contributed by atoms with Crippen molar-refractivity contribution >= 4 is 21.3 Å². The van der Waals surface area contributed by atoms with Crippen LogP contribution in [0.3, 0.4) is 0 Å². The molecule has 6 heteroatoms. The van der Waals surface area contributed by atoms with Crippen molar-refractivity contribution in [1.82, 2.24) is 0 Å². The van der Waals surface area contributed by atoms with E-state index >= 15 is 0 Å². The molecule has 0 N–H and O–H groups in total. The molecule has 0 aliphatic carbocycles. The predicted octanol–water partition coefficient (Wildman–Crippen LogP) is 2.32. The molecule has 106 valence electrons. The van der Waals surface area contributed by atoms with Crippen molar-refractivity contribution in [2.75, 3.05) is 25.4 Å². The summed E-state index contributed by atoms with van der Waals surface area (Å²) in [7, 11) is -2.93. The van der Waals surface area contributed by atoms with E-state index in [1.807, 2.05) is 0 Å². The van der Waals surface area contributed by atoms with Crippen molar-refractivity contribution < 1.29 is 17.2 Å². The van der Waals surface area contributed by atoms with E-state index in [4.69, 9.17) is 0 Å². The van der Waals surface area contributed by atoms with Gasteiger partial charge in [0.1, 0.15) is 5.75 Å². The molecule has 0 aliphatic rings. The Morgan fingerprint density at radius 3 is 1.82 bits per heavy atom. The first kappa shape index (κ1) is 19.6. The van der Waals surface area contributed by atoms with E-state index in [0.29, 0.717) is 10.9 Å². The van der Waals surface area contributed by atoms with Crippen LogP contribution >= 0.6 is 0 Å². The Morgan fingerprint density at radius 1 is 1.06 bits per heavy atom. The Hall–Kier alpha value is 0.220. The van der Waals surface area contributed by atoms with Crippen LogP contribution < -0.4 is 0 Å². The summed E-state index contributed by atoms with van der Waals surface area (Å²) in [5.74, 6) is 1.45. The van der Waals surface area contributed by atoms with Crippen LogP contribution in [-0.4, -0.2) is 38.3 Å². The third-order valence-corrected chi connectivity index (χ3v) is 3.62. The Bertz CT molecular complexity index is 238. The van der Waals surface area contributed by atoms with E-state index < -0.39 is 10.4 Å². The Labute approximate surface area is 109 Å². The highest BCUT2D eigenvalue weighted by atomic mass is 32.3. The minimum atomic E-state index is -4.41. The average molecular weight is 286 g/mol. The quantitative estimate of drug-likeness (QED) is 0.297. The highest BCUT2D eigenvalue weighted by Gasteiger charge is 1.99. The fourth-order valence-electron chi connectivity index (χ4n) is 1.17. The van der Waals surface area contributed by atoms with Crippen LogP contribution in [0.4, 0.5) is 0 Å². The summed E-state index contributed by atoms with van der Waals surface area (Å²) in [6.45, 7) is 2.27. The van der Waals surface area contributed by atoms with Gasteiger partial charge in [-0.2, -0.15) is 0 Å². The highest BCUT2D eigenvalue weighted by molar-refractivity contribution is 7.95. The van der Waals surface area contributed by atoms with Gasteiger partial charge in [0.15, 0.2) is 0 Å². The van der Waals surface area contributed by atoms with Gasteiger partial charge >= 0.3 is 0 Å². The molecule has 4 nitrogen and oxygen atoms in total. The zero-order valence-electron chi connectivity index (χ0n) is 11.4. The van der Waals surface area contributed by atoms with E-state index in [1.165, 1.54) is 44.3 Å². The number of rotatable bonds is 8. The summed E-state index contributed by atoms with van der Waals surface area (Å²) in [6.07, 6.45) is 13.3. The fourth-order valence-corrected chi connectivity index (χ4v) is 1.95. The minimum absolute atomic E-state index is 0.677. The molecule has 0 radical (unpaired) electrons. The minimum Gasteiger partial charge on any atom is -0.726 e. The van der Waals surface area contributed by atoms with Crippen LogP contribution in [0.1, 0.15) is 45.4 Å². The number of unbranched alkanes of at least 4 members (excludes halogenated alkanes) is 5. The van der Waals surface area contributed by atoms with Crippen LogP contribution in [0.25, 0.3) is 0 Å². The van der Waals surface area contributed by atoms with Gasteiger partial charge in [-0.15, -0.1) is 0 Å². The largest absolute Gasteiger partial charge is 0.726 e. The van der Waals surface area contributed by atoms with Crippen LogP contribution in [0.2, 0.25) is 0 Å². The van der Waals surface area contributed by atoms with Crippen LogP contribution in [-0.2, 0) is 25.5 Å². The maximum absolute atomic E-state index is 9.22. The molecule has 0 spiro atoms. The standard InChI is InChI=1S/C10H23S.CH4O4S/c1-4-5-6-7-8-9-10-11(2)3;1-5-6(2,3)4/h4-10H2,1-3H3;1H3,(H,2,3,4)/q+1;/p-1. The van der Waals surface area contributed by atoms with Gasteiger partial charge in [0.2, 0.25) is 10.4 Å². The maximum Gasteiger partial charge on any atom is 0.217 e. The SMILES string of the molecule is CCCCCCCC[S+](C)C.COS(=O)(=O)[O-]. The molecule has 0 heterocycles. The first-order chi connectivity index (χ1) is 7.83. The van der Waals surface area contributed by atoms with Crippen molar-refractivity contribution in [2.45, 2.75) is 45.4 Å². The molecule has 0 saturated heterocycles. The zero-order chi connectivity index (χ0) is 13.7. The van der Waals surface area contributed by atoms with E-state index in [1.54, 1.807) is 0 Å². The van der Waals surface area contributed by atoms with Crippen LogP contribution in [0.5, 0.6) is 0 Å². The van der Waals surface area contributed by atoms with E-state index in [-0.39, 0.29) is 0 Å². The van der Waals surface area contributed by atoms with Gasteiger partial charge in [-0.25, -0.2) is 8.42 Å². The van der Waals surface area contributed by atoms with Crippen molar-refractivity contribution in [1.29, 1.82) is 0 Å². The Morgan fingerprint density at radius 2 is 1.47 bits per heavy atom. The maximum atomic E-state index is 9.22. The van der Waals surface area contributed by atoms with Gasteiger partial charge in [0.05, 0.1) is 19.6 Å². The second-order valence-corrected chi connectivity index (χ2v) is 7.56. The van der Waals surface area contributed by atoms with E-state index in [9.17, 15) is 13.0 Å². The first-order valence-corrected chi connectivity index (χ1v) is 9.43. The third-order valence-electron chi connectivity index (χ3n) is 2.11. The van der Waals surface area contributed by atoms with Crippen molar-refractivity contribution in [2.24, 2.45) is 0 Å². The lowest BCUT2D eigenvalue weighted by Gasteiger charge is -1.98. The average Bonchev–Trinajstić information content (AvgIpc) is 2.23. The van der Waals surface area contributed by atoms with E-state index in [0.717, 1.165) is 7.11 Å². The first-order valence-electron chi connectivity index (χ1n) is 5.89. The van der Waals surface area contributed by atoms with Crippen molar-refractivity contribution in [3.63, 3.8) is 0 Å². The van der Waals surface area contributed by atoms with Gasteiger partial charge in [0, 0.05) is 0 Å². The zero-order valence-corrected chi connectivity index (χ0v) is 13.0. The Balaban J connectivity index is 0. The second-order valence-electron chi connectivity index (χ2n) is 4.03. The molecular formula is C11H26O4S2. The van der Waals surface area contributed by atoms with Crippen LogP contribution in [0.15, 0.2) is 0 Å². The molecule has 0 rings (SSSR count). The lowest BCUT2D eigenvalue weighted by atomic mass is 10.1. The molecular weight excluding hydrogens is 260 g/mol. The van der Waals surface area contributed by atoms with Gasteiger partial charge in [-0.3, -0.25) is 4.18 Å². The second kappa shape index (κ2) is 12.7. The normalized spacial score (nSPS) is 11.2. The van der Waals surface area contributed by atoms with Gasteiger partial charge in [0.25, 0.3) is 0 Å². The fraction of sp³-hybridized carbons (Fsp3) is 1.00. The molecule has 0 aliphatic heterocycles. The molecule has 0 fully saturated rings. The molecule has 0 amide bonds. The molecule has 0 aromatic rings. The predicted molar refractivity (Wildman–Crippen MR) is 74.2 cm³/mol. The monoisotopic (exact) mass is 286 g/mol. The topological polar surface area (TPSA) is 66.4 Å². The molecule has 0 saturated carbocycles. The third kappa shape index (κ3) is 26.1. The van der Waals surface area contributed by atoms with Crippen molar-refractivity contribution in [3.8, 4) is 0 Å². The number of hydrogen-bond acceptors (Lipinski definition) is 4. The summed E-state index contributed by atoms with van der Waals surface area (Å²) < 4.78 is 31.0. The molecule has 0 aromatic carbocycles. The van der Waals surface area contributed by atoms with Crippen LogP contribution in [0, 0.1) is 0 Å². The summed E-state index contributed by atoms with van der Waals surface area (Å²) >= 11 is 0. The summed E-state index contributed by atoms with van der Waals surface area (Å²) in [5.41, 5.74) is 0.